The standard InChI is InChI=1S/C20H21N3O/c1-14-9-10-16-12-21-23(19(16)11-14)13-20(24)22-18-8-4-6-15-5-2-3-7-17(15)18/h2-3,5,7,9-12,18H,4,6,8,13H2,1H3,(H,22,24)/t18-/m0/s1. The molecule has 0 saturated carbocycles. The summed E-state index contributed by atoms with van der Waals surface area (Å²) in [5.41, 5.74) is 4.80. The fourth-order valence-electron chi connectivity index (χ4n) is 3.59. The number of aromatic nitrogens is 2. The van der Waals surface area contributed by atoms with Crippen LogP contribution in [-0.2, 0) is 17.8 Å². The maximum atomic E-state index is 12.5. The molecular formula is C20H21N3O. The molecule has 1 heterocycles. The molecule has 24 heavy (non-hydrogen) atoms. The van der Waals surface area contributed by atoms with Gasteiger partial charge in [-0.1, -0.05) is 36.4 Å². The van der Waals surface area contributed by atoms with Crippen molar-refractivity contribution in [3.8, 4) is 0 Å². The summed E-state index contributed by atoms with van der Waals surface area (Å²) in [7, 11) is 0. The molecular weight excluding hydrogens is 298 g/mol. The molecule has 0 aliphatic heterocycles. The first-order chi connectivity index (χ1) is 11.7. The molecule has 0 unspecified atom stereocenters. The van der Waals surface area contributed by atoms with Gasteiger partial charge in [0.05, 0.1) is 17.8 Å². The Hall–Kier alpha value is -2.62. The van der Waals surface area contributed by atoms with Crippen molar-refractivity contribution < 1.29 is 4.79 Å². The minimum Gasteiger partial charge on any atom is -0.348 e. The molecule has 1 aliphatic carbocycles. The van der Waals surface area contributed by atoms with E-state index in [1.165, 1.54) is 16.7 Å². The first kappa shape index (κ1) is 14.9. The van der Waals surface area contributed by atoms with Crippen LogP contribution in [0.5, 0.6) is 0 Å². The summed E-state index contributed by atoms with van der Waals surface area (Å²) < 4.78 is 1.78. The van der Waals surface area contributed by atoms with E-state index < -0.39 is 0 Å². The number of rotatable bonds is 3. The van der Waals surface area contributed by atoms with E-state index in [2.05, 4.69) is 47.7 Å². The molecule has 2 aromatic carbocycles. The Labute approximate surface area is 141 Å². The molecule has 0 spiro atoms. The Morgan fingerprint density at radius 2 is 2.17 bits per heavy atom. The van der Waals surface area contributed by atoms with Gasteiger partial charge in [0.2, 0.25) is 5.91 Å². The maximum Gasteiger partial charge on any atom is 0.242 e. The van der Waals surface area contributed by atoms with Crippen molar-refractivity contribution in [3.05, 3.63) is 65.4 Å². The molecule has 1 amide bonds. The van der Waals surface area contributed by atoms with Crippen LogP contribution in [-0.4, -0.2) is 15.7 Å². The number of nitrogens with one attached hydrogen (secondary N) is 1. The molecule has 4 nitrogen and oxygen atoms in total. The highest BCUT2D eigenvalue weighted by Crippen LogP contribution is 2.29. The van der Waals surface area contributed by atoms with Crippen LogP contribution in [0.15, 0.2) is 48.7 Å². The van der Waals surface area contributed by atoms with E-state index in [1.807, 2.05) is 18.3 Å². The molecule has 0 bridgehead atoms. The number of carbonyl (C=O) groups is 1. The molecule has 0 saturated heterocycles. The van der Waals surface area contributed by atoms with Crippen molar-refractivity contribution >= 4 is 16.8 Å². The van der Waals surface area contributed by atoms with Gasteiger partial charge in [0.15, 0.2) is 0 Å². The van der Waals surface area contributed by atoms with Crippen molar-refractivity contribution in [2.75, 3.05) is 0 Å². The molecule has 1 N–H and O–H groups in total. The predicted octanol–water partition coefficient (Wildman–Crippen LogP) is 3.54. The first-order valence-electron chi connectivity index (χ1n) is 8.50. The zero-order valence-corrected chi connectivity index (χ0v) is 13.8. The summed E-state index contributed by atoms with van der Waals surface area (Å²) in [4.78, 5) is 12.5. The highest BCUT2D eigenvalue weighted by molar-refractivity contribution is 5.82. The van der Waals surface area contributed by atoms with Crippen LogP contribution in [0.4, 0.5) is 0 Å². The number of carbonyl (C=O) groups excluding carboxylic acids is 1. The van der Waals surface area contributed by atoms with E-state index in [4.69, 9.17) is 0 Å². The fraction of sp³-hybridized carbons (Fsp3) is 0.300. The van der Waals surface area contributed by atoms with E-state index in [0.717, 1.165) is 30.2 Å². The summed E-state index contributed by atoms with van der Waals surface area (Å²) in [6.07, 6.45) is 5.04. The van der Waals surface area contributed by atoms with Crippen LogP contribution in [0.3, 0.4) is 0 Å². The van der Waals surface area contributed by atoms with E-state index in [1.54, 1.807) is 4.68 Å². The molecule has 122 valence electrons. The number of hydrogen-bond acceptors (Lipinski definition) is 2. The molecule has 1 atom stereocenters. The molecule has 4 rings (SSSR count). The van der Waals surface area contributed by atoms with Gasteiger partial charge in [-0.05, 0) is 48.9 Å². The molecule has 1 aliphatic rings. The van der Waals surface area contributed by atoms with Crippen molar-refractivity contribution in [1.82, 2.24) is 15.1 Å². The highest BCUT2D eigenvalue weighted by atomic mass is 16.2. The maximum absolute atomic E-state index is 12.5. The Morgan fingerprint density at radius 3 is 3.08 bits per heavy atom. The van der Waals surface area contributed by atoms with Gasteiger partial charge in [-0.15, -0.1) is 0 Å². The average Bonchev–Trinajstić information content (AvgIpc) is 2.97. The number of hydrogen-bond donors (Lipinski definition) is 1. The first-order valence-corrected chi connectivity index (χ1v) is 8.50. The lowest BCUT2D eigenvalue weighted by Gasteiger charge is -2.26. The third-order valence-electron chi connectivity index (χ3n) is 4.80. The molecule has 3 aromatic rings. The minimum atomic E-state index is 0.0169. The lowest BCUT2D eigenvalue weighted by molar-refractivity contribution is -0.122. The van der Waals surface area contributed by atoms with E-state index in [0.29, 0.717) is 0 Å². The third kappa shape index (κ3) is 2.80. The number of benzene rings is 2. The highest BCUT2D eigenvalue weighted by Gasteiger charge is 2.21. The fourth-order valence-corrected chi connectivity index (χ4v) is 3.59. The largest absolute Gasteiger partial charge is 0.348 e. The lowest BCUT2D eigenvalue weighted by Crippen LogP contribution is -2.33. The monoisotopic (exact) mass is 319 g/mol. The second-order valence-electron chi connectivity index (χ2n) is 6.58. The summed E-state index contributed by atoms with van der Waals surface area (Å²) in [6, 6.07) is 14.7. The van der Waals surface area contributed by atoms with Gasteiger partial charge in [-0.2, -0.15) is 5.10 Å². The SMILES string of the molecule is Cc1ccc2cnn(CC(=O)N[C@H]3CCCc4ccccc43)c2c1. The van der Waals surface area contributed by atoms with Gasteiger partial charge in [-0.3, -0.25) is 9.48 Å². The van der Waals surface area contributed by atoms with Crippen LogP contribution in [0, 0.1) is 6.92 Å². The van der Waals surface area contributed by atoms with Gasteiger partial charge in [-0.25, -0.2) is 0 Å². The smallest absolute Gasteiger partial charge is 0.242 e. The second kappa shape index (κ2) is 6.11. The Kier molecular flexibility index (Phi) is 3.81. The van der Waals surface area contributed by atoms with Gasteiger partial charge in [0.1, 0.15) is 6.54 Å². The third-order valence-corrected chi connectivity index (χ3v) is 4.80. The van der Waals surface area contributed by atoms with E-state index in [9.17, 15) is 4.79 Å². The van der Waals surface area contributed by atoms with Gasteiger partial charge < -0.3 is 5.32 Å². The van der Waals surface area contributed by atoms with Crippen LogP contribution in [0.2, 0.25) is 0 Å². The number of fused-ring (bicyclic) bond motifs is 2. The zero-order valence-electron chi connectivity index (χ0n) is 13.8. The quantitative estimate of drug-likeness (QED) is 0.802. The number of nitrogens with zero attached hydrogens (tertiary/aromatic N) is 2. The predicted molar refractivity (Wildman–Crippen MR) is 94.7 cm³/mol. The van der Waals surface area contributed by atoms with Crippen molar-refractivity contribution in [2.24, 2.45) is 0 Å². The Balaban J connectivity index is 1.52. The lowest BCUT2D eigenvalue weighted by atomic mass is 9.88. The van der Waals surface area contributed by atoms with E-state index >= 15 is 0 Å². The summed E-state index contributed by atoms with van der Waals surface area (Å²) in [6.45, 7) is 2.31. The minimum absolute atomic E-state index is 0.0169. The normalized spacial score (nSPS) is 16.8. The van der Waals surface area contributed by atoms with Crippen LogP contribution in [0.25, 0.3) is 10.9 Å². The number of amides is 1. The summed E-state index contributed by atoms with van der Waals surface area (Å²) >= 11 is 0. The number of aryl methyl sites for hydroxylation is 2. The van der Waals surface area contributed by atoms with Crippen LogP contribution >= 0.6 is 0 Å². The van der Waals surface area contributed by atoms with Gasteiger partial charge >= 0.3 is 0 Å². The zero-order chi connectivity index (χ0) is 16.5. The average molecular weight is 319 g/mol. The van der Waals surface area contributed by atoms with Crippen molar-refractivity contribution in [2.45, 2.75) is 38.8 Å². The molecule has 0 radical (unpaired) electrons. The van der Waals surface area contributed by atoms with Gasteiger partial charge in [0, 0.05) is 5.39 Å². The van der Waals surface area contributed by atoms with Crippen molar-refractivity contribution in [1.29, 1.82) is 0 Å². The Bertz CT molecular complexity index is 897. The second-order valence-corrected chi connectivity index (χ2v) is 6.58. The summed E-state index contributed by atoms with van der Waals surface area (Å²) in [5.74, 6) is 0.0169. The molecule has 4 heteroatoms. The van der Waals surface area contributed by atoms with Gasteiger partial charge in [0.25, 0.3) is 0 Å². The Morgan fingerprint density at radius 1 is 1.29 bits per heavy atom. The molecule has 0 fully saturated rings. The van der Waals surface area contributed by atoms with E-state index in [-0.39, 0.29) is 18.5 Å². The van der Waals surface area contributed by atoms with Crippen molar-refractivity contribution in [3.63, 3.8) is 0 Å². The van der Waals surface area contributed by atoms with Crippen LogP contribution in [0.1, 0.15) is 35.6 Å². The summed E-state index contributed by atoms with van der Waals surface area (Å²) in [5, 5.41) is 8.63. The van der Waals surface area contributed by atoms with Crippen LogP contribution < -0.4 is 5.32 Å². The topological polar surface area (TPSA) is 46.9 Å². The molecule has 1 aromatic heterocycles.